The van der Waals surface area contributed by atoms with E-state index in [2.05, 4.69) is 4.98 Å². The van der Waals surface area contributed by atoms with Crippen molar-refractivity contribution in [1.29, 1.82) is 0 Å². The van der Waals surface area contributed by atoms with Gasteiger partial charge in [0.2, 0.25) is 5.91 Å². The number of hydrogen-bond acceptors (Lipinski definition) is 4. The summed E-state index contributed by atoms with van der Waals surface area (Å²) < 4.78 is 1.63. The minimum absolute atomic E-state index is 0.0977. The van der Waals surface area contributed by atoms with Crippen LogP contribution >= 0.6 is 23.6 Å². The largest absolute Gasteiger partial charge is 0.368 e. The molecule has 1 aliphatic rings. The van der Waals surface area contributed by atoms with Crippen molar-refractivity contribution in [3.8, 4) is 0 Å². The van der Waals surface area contributed by atoms with E-state index in [4.69, 9.17) is 18.0 Å². The maximum absolute atomic E-state index is 12.9. The Hall–Kier alpha value is -1.47. The second-order valence-corrected chi connectivity index (χ2v) is 7.25. The summed E-state index contributed by atoms with van der Waals surface area (Å²) in [6.45, 7) is 3.72. The number of nitrogens with two attached hydrogens (primary N) is 1. The van der Waals surface area contributed by atoms with Gasteiger partial charge in [0.1, 0.15) is 10.9 Å². The number of primary amides is 1. The minimum Gasteiger partial charge on any atom is -0.368 e. The molecule has 0 saturated carbocycles. The average Bonchev–Trinajstić information content (AvgIpc) is 2.92. The summed E-state index contributed by atoms with van der Waals surface area (Å²) in [4.78, 5) is 29.8. The van der Waals surface area contributed by atoms with Gasteiger partial charge in [-0.15, -0.1) is 11.3 Å². The first-order chi connectivity index (χ1) is 9.91. The minimum atomic E-state index is -0.720. The molecular formula is C14H17N3O2S2. The molecule has 2 heterocycles. The van der Waals surface area contributed by atoms with Crippen molar-refractivity contribution in [3.05, 3.63) is 25.6 Å². The number of amides is 1. The number of fused-ring (bicyclic) bond motifs is 3. The number of nitrogens with one attached hydrogen (secondary N) is 1. The van der Waals surface area contributed by atoms with Crippen LogP contribution in [0.4, 0.5) is 0 Å². The fraction of sp³-hybridized carbons (Fsp3) is 0.500. The smallest absolute Gasteiger partial charge is 0.264 e. The molecule has 1 atom stereocenters. The molecule has 0 saturated heterocycles. The first kappa shape index (κ1) is 14.5. The van der Waals surface area contributed by atoms with E-state index in [0.29, 0.717) is 5.39 Å². The first-order valence-electron chi connectivity index (χ1n) is 7.00. The molecule has 21 heavy (non-hydrogen) atoms. The van der Waals surface area contributed by atoms with Gasteiger partial charge in [-0.25, -0.2) is 0 Å². The molecule has 3 rings (SSSR count). The molecule has 0 fully saturated rings. The zero-order valence-corrected chi connectivity index (χ0v) is 13.6. The van der Waals surface area contributed by atoms with Crippen LogP contribution in [0.15, 0.2) is 4.79 Å². The summed E-state index contributed by atoms with van der Waals surface area (Å²) in [7, 11) is 0. The molecular weight excluding hydrogens is 306 g/mol. The molecule has 5 nitrogen and oxygen atoms in total. The fourth-order valence-corrected chi connectivity index (χ4v) is 4.74. The molecule has 0 aromatic carbocycles. The molecule has 0 aliphatic heterocycles. The highest BCUT2D eigenvalue weighted by Gasteiger charge is 2.27. The average molecular weight is 323 g/mol. The van der Waals surface area contributed by atoms with Crippen LogP contribution in [0, 0.1) is 10.7 Å². The number of hydrogen-bond donors (Lipinski definition) is 2. The lowest BCUT2D eigenvalue weighted by atomic mass is 10.0. The van der Waals surface area contributed by atoms with Gasteiger partial charge in [0.15, 0.2) is 4.77 Å². The number of carbonyl (C=O) groups excluding carboxylic acids is 1. The second-order valence-electron chi connectivity index (χ2n) is 5.76. The van der Waals surface area contributed by atoms with E-state index in [-0.39, 0.29) is 16.2 Å². The van der Waals surface area contributed by atoms with Crippen molar-refractivity contribution in [2.75, 3.05) is 0 Å². The van der Waals surface area contributed by atoms with Crippen molar-refractivity contribution >= 4 is 39.7 Å². The number of carbonyl (C=O) groups is 1. The number of H-pyrrole nitrogens is 1. The number of nitrogens with zero attached hydrogens (tertiary/aromatic N) is 1. The lowest BCUT2D eigenvalue weighted by Crippen LogP contribution is -2.37. The van der Waals surface area contributed by atoms with Crippen LogP contribution in [0.3, 0.4) is 0 Å². The van der Waals surface area contributed by atoms with Crippen molar-refractivity contribution in [3.63, 3.8) is 0 Å². The lowest BCUT2D eigenvalue weighted by Gasteiger charge is -2.20. The third-order valence-corrected chi connectivity index (χ3v) is 5.50. The van der Waals surface area contributed by atoms with E-state index < -0.39 is 11.9 Å². The van der Waals surface area contributed by atoms with Gasteiger partial charge in [-0.1, -0.05) is 13.8 Å². The van der Waals surface area contributed by atoms with E-state index in [1.165, 1.54) is 9.44 Å². The van der Waals surface area contributed by atoms with Gasteiger partial charge in [-0.2, -0.15) is 0 Å². The summed E-state index contributed by atoms with van der Waals surface area (Å²) in [5.74, 6) is -0.628. The Balaban J connectivity index is 2.36. The summed E-state index contributed by atoms with van der Waals surface area (Å²) in [6.07, 6.45) is 3.01. The van der Waals surface area contributed by atoms with E-state index in [1.807, 2.05) is 13.8 Å². The van der Waals surface area contributed by atoms with Gasteiger partial charge >= 0.3 is 0 Å². The Morgan fingerprint density at radius 1 is 1.43 bits per heavy atom. The molecule has 7 heteroatoms. The predicted octanol–water partition coefficient (Wildman–Crippen LogP) is 2.29. The van der Waals surface area contributed by atoms with E-state index in [0.717, 1.165) is 29.7 Å². The van der Waals surface area contributed by atoms with Crippen molar-refractivity contribution in [2.45, 2.75) is 39.2 Å². The molecule has 3 N–H and O–H groups in total. The number of aromatic nitrogens is 2. The number of rotatable bonds is 3. The van der Waals surface area contributed by atoms with Gasteiger partial charge in [0, 0.05) is 4.88 Å². The monoisotopic (exact) mass is 323 g/mol. The first-order valence-corrected chi connectivity index (χ1v) is 8.22. The van der Waals surface area contributed by atoms with Crippen LogP contribution in [0.2, 0.25) is 0 Å². The number of aryl methyl sites for hydroxylation is 2. The summed E-state index contributed by atoms with van der Waals surface area (Å²) in [5.41, 5.74) is 6.41. The van der Waals surface area contributed by atoms with E-state index in [1.54, 1.807) is 11.3 Å². The van der Waals surface area contributed by atoms with Gasteiger partial charge in [-0.3, -0.25) is 14.2 Å². The quantitative estimate of drug-likeness (QED) is 0.850. The van der Waals surface area contributed by atoms with Crippen LogP contribution in [0.25, 0.3) is 10.2 Å². The summed E-state index contributed by atoms with van der Waals surface area (Å²) in [6, 6.07) is -0.720. The maximum atomic E-state index is 12.9. The Bertz CT molecular complexity index is 844. The van der Waals surface area contributed by atoms with E-state index >= 15 is 0 Å². The molecule has 0 radical (unpaired) electrons. The molecule has 1 unspecified atom stereocenters. The van der Waals surface area contributed by atoms with Crippen molar-refractivity contribution in [2.24, 2.45) is 11.7 Å². The SMILES string of the molecule is CC(C)C(C(N)=O)n1c(=S)[nH]c2sc3c(c2c1=O)CCC3. The normalized spacial score (nSPS) is 15.6. The van der Waals surface area contributed by atoms with Gasteiger partial charge in [0.25, 0.3) is 5.56 Å². The molecule has 112 valence electrons. The Morgan fingerprint density at radius 2 is 2.14 bits per heavy atom. The third-order valence-electron chi connectivity index (χ3n) is 3.99. The summed E-state index contributed by atoms with van der Waals surface area (Å²) in [5, 5.41) is 0.688. The highest BCUT2D eigenvalue weighted by atomic mass is 32.1. The molecule has 2 aromatic rings. The van der Waals surface area contributed by atoms with Crippen molar-refractivity contribution in [1.82, 2.24) is 9.55 Å². The highest BCUT2D eigenvalue weighted by molar-refractivity contribution is 7.71. The molecule has 1 amide bonds. The van der Waals surface area contributed by atoms with Crippen LogP contribution in [-0.2, 0) is 17.6 Å². The van der Waals surface area contributed by atoms with Gasteiger partial charge < -0.3 is 10.7 Å². The topological polar surface area (TPSA) is 80.9 Å². The molecule has 0 bridgehead atoms. The van der Waals surface area contributed by atoms with Crippen LogP contribution in [0.5, 0.6) is 0 Å². The van der Waals surface area contributed by atoms with Crippen LogP contribution in [-0.4, -0.2) is 15.5 Å². The Labute approximate surface area is 130 Å². The Kier molecular flexibility index (Phi) is 3.49. The summed E-state index contributed by atoms with van der Waals surface area (Å²) >= 11 is 6.89. The van der Waals surface area contributed by atoms with Crippen LogP contribution in [0.1, 0.15) is 36.8 Å². The molecule has 2 aromatic heterocycles. The second kappa shape index (κ2) is 5.06. The molecule has 1 aliphatic carbocycles. The zero-order chi connectivity index (χ0) is 15.3. The van der Waals surface area contributed by atoms with Gasteiger partial charge in [0.05, 0.1) is 5.39 Å². The maximum Gasteiger partial charge on any atom is 0.264 e. The van der Waals surface area contributed by atoms with Crippen molar-refractivity contribution < 1.29 is 4.79 Å². The van der Waals surface area contributed by atoms with E-state index in [9.17, 15) is 9.59 Å². The van der Waals surface area contributed by atoms with Gasteiger partial charge in [-0.05, 0) is 43.0 Å². The lowest BCUT2D eigenvalue weighted by molar-refractivity contribution is -0.122. The number of thiophene rings is 1. The standard InChI is InChI=1S/C14H17N3O2S2/c1-6(2)10(11(15)18)17-13(19)9-7-4-3-5-8(7)21-12(9)16-14(17)20/h6,10H,3-5H2,1-2H3,(H2,15,18)(H,16,20). The third kappa shape index (κ3) is 2.15. The fourth-order valence-electron chi connectivity index (χ4n) is 3.10. The molecule has 0 spiro atoms. The predicted molar refractivity (Wildman–Crippen MR) is 86.4 cm³/mol. The Morgan fingerprint density at radius 3 is 2.76 bits per heavy atom. The highest BCUT2D eigenvalue weighted by Crippen LogP contribution is 2.34. The number of aromatic amines is 1. The van der Waals surface area contributed by atoms with Crippen LogP contribution < -0.4 is 11.3 Å². The zero-order valence-electron chi connectivity index (χ0n) is 11.9.